The number of carbonyl (C=O) groups is 1. The van der Waals surface area contributed by atoms with Crippen LogP contribution in [-0.4, -0.2) is 56.3 Å². The lowest BCUT2D eigenvalue weighted by Gasteiger charge is -2.34. The largest absolute Gasteiger partial charge is 0.337 e. The third-order valence-electron chi connectivity index (χ3n) is 5.81. The lowest BCUT2D eigenvalue weighted by atomic mass is 10.00. The maximum Gasteiger partial charge on any atom is 0.240 e. The zero-order valence-electron chi connectivity index (χ0n) is 16.5. The summed E-state index contributed by atoms with van der Waals surface area (Å²) in [7, 11) is -3.49. The Balaban J connectivity index is 1.27. The summed E-state index contributed by atoms with van der Waals surface area (Å²) in [5, 5.41) is 0. The zero-order valence-corrected chi connectivity index (χ0v) is 17.3. The van der Waals surface area contributed by atoms with E-state index in [-0.39, 0.29) is 11.9 Å². The van der Waals surface area contributed by atoms with Crippen LogP contribution in [0.5, 0.6) is 0 Å². The summed E-state index contributed by atoms with van der Waals surface area (Å²) >= 11 is 0. The Morgan fingerprint density at radius 1 is 0.931 bits per heavy atom. The molecule has 0 unspecified atom stereocenters. The number of sulfonamides is 1. The highest BCUT2D eigenvalue weighted by atomic mass is 32.2. The van der Waals surface area contributed by atoms with Crippen LogP contribution in [0.4, 0.5) is 0 Å². The van der Waals surface area contributed by atoms with Crippen LogP contribution >= 0.6 is 0 Å². The molecular formula is C22H27N3O3S. The van der Waals surface area contributed by atoms with E-state index in [9.17, 15) is 13.2 Å². The van der Waals surface area contributed by atoms with Crippen molar-refractivity contribution in [1.82, 2.24) is 14.5 Å². The summed E-state index contributed by atoms with van der Waals surface area (Å²) in [5.74, 6) is 0.155. The quantitative estimate of drug-likeness (QED) is 0.814. The summed E-state index contributed by atoms with van der Waals surface area (Å²) in [6.07, 6.45) is 2.33. The Morgan fingerprint density at radius 3 is 2.31 bits per heavy atom. The van der Waals surface area contributed by atoms with Crippen molar-refractivity contribution in [1.29, 1.82) is 0 Å². The van der Waals surface area contributed by atoms with Crippen molar-refractivity contribution in [3.8, 4) is 0 Å². The van der Waals surface area contributed by atoms with Gasteiger partial charge in [0.05, 0.1) is 11.4 Å². The van der Waals surface area contributed by atoms with Gasteiger partial charge in [-0.15, -0.1) is 0 Å². The number of piperidine rings is 1. The van der Waals surface area contributed by atoms with E-state index in [0.29, 0.717) is 30.8 Å². The van der Waals surface area contributed by atoms with E-state index < -0.39 is 10.0 Å². The average molecular weight is 414 g/mol. The predicted molar refractivity (Wildman–Crippen MR) is 112 cm³/mol. The van der Waals surface area contributed by atoms with Crippen LogP contribution in [0.3, 0.4) is 0 Å². The molecule has 4 rings (SSSR count). The van der Waals surface area contributed by atoms with Gasteiger partial charge in [0.2, 0.25) is 15.9 Å². The molecule has 0 atom stereocenters. The molecule has 2 heterocycles. The van der Waals surface area contributed by atoms with Crippen LogP contribution < -0.4 is 4.72 Å². The number of amides is 1. The molecule has 6 nitrogen and oxygen atoms in total. The molecule has 0 saturated carbocycles. The molecular weight excluding hydrogens is 386 g/mol. The maximum atomic E-state index is 12.7. The second kappa shape index (κ2) is 8.65. The minimum Gasteiger partial charge on any atom is -0.337 e. The van der Waals surface area contributed by atoms with Gasteiger partial charge < -0.3 is 4.90 Å². The first kappa shape index (κ1) is 20.1. The van der Waals surface area contributed by atoms with Gasteiger partial charge in [-0.1, -0.05) is 42.5 Å². The molecule has 1 N–H and O–H groups in total. The van der Waals surface area contributed by atoms with Gasteiger partial charge in [-0.3, -0.25) is 9.69 Å². The molecule has 0 radical (unpaired) electrons. The smallest absolute Gasteiger partial charge is 0.240 e. The van der Waals surface area contributed by atoms with Crippen LogP contribution in [0.1, 0.15) is 24.0 Å². The van der Waals surface area contributed by atoms with Crippen molar-refractivity contribution >= 4 is 15.9 Å². The van der Waals surface area contributed by atoms with Crippen molar-refractivity contribution in [3.05, 3.63) is 65.7 Å². The normalized spacial score (nSPS) is 18.4. The molecule has 2 aliphatic rings. The van der Waals surface area contributed by atoms with E-state index in [1.54, 1.807) is 30.3 Å². The fourth-order valence-corrected chi connectivity index (χ4v) is 5.42. The second-order valence-corrected chi connectivity index (χ2v) is 9.53. The van der Waals surface area contributed by atoms with Gasteiger partial charge in [0.1, 0.15) is 0 Å². The number of hydrogen-bond acceptors (Lipinski definition) is 4. The van der Waals surface area contributed by atoms with E-state index in [2.05, 4.69) is 21.8 Å². The molecule has 0 spiro atoms. The van der Waals surface area contributed by atoms with Gasteiger partial charge in [-0.25, -0.2) is 13.1 Å². The maximum absolute atomic E-state index is 12.7. The van der Waals surface area contributed by atoms with Gasteiger partial charge >= 0.3 is 0 Å². The second-order valence-electron chi connectivity index (χ2n) is 7.82. The third kappa shape index (κ3) is 4.86. The molecule has 0 bridgehead atoms. The summed E-state index contributed by atoms with van der Waals surface area (Å²) < 4.78 is 27.8. The average Bonchev–Trinajstić information content (AvgIpc) is 2.75. The molecule has 1 amide bonds. The molecule has 2 aliphatic heterocycles. The number of benzene rings is 2. The molecule has 154 valence electrons. The van der Waals surface area contributed by atoms with Crippen LogP contribution in [0, 0.1) is 0 Å². The minimum atomic E-state index is -3.49. The number of hydrogen-bond donors (Lipinski definition) is 1. The first-order chi connectivity index (χ1) is 14.0. The van der Waals surface area contributed by atoms with E-state index in [1.807, 2.05) is 17.0 Å². The standard InChI is InChI=1S/C22H27N3O3S/c26-22(25-15-10-18-6-4-5-7-19(18)16-25)17-24-13-11-20(12-14-24)23-29(27,28)21-8-2-1-3-9-21/h1-9,20,23H,10-17H2. The molecule has 0 aliphatic carbocycles. The van der Waals surface area contributed by atoms with Crippen molar-refractivity contribution in [2.75, 3.05) is 26.2 Å². The van der Waals surface area contributed by atoms with Gasteiger partial charge in [0.25, 0.3) is 0 Å². The summed E-state index contributed by atoms with van der Waals surface area (Å²) in [5.41, 5.74) is 2.57. The molecule has 29 heavy (non-hydrogen) atoms. The number of nitrogens with zero attached hydrogens (tertiary/aromatic N) is 2. The Kier molecular flexibility index (Phi) is 5.99. The van der Waals surface area contributed by atoms with Crippen molar-refractivity contribution < 1.29 is 13.2 Å². The monoisotopic (exact) mass is 413 g/mol. The molecule has 1 saturated heterocycles. The number of rotatable bonds is 5. The first-order valence-corrected chi connectivity index (χ1v) is 11.6. The Hall–Kier alpha value is -2.22. The number of nitrogens with one attached hydrogen (secondary N) is 1. The summed E-state index contributed by atoms with van der Waals surface area (Å²) in [6, 6.07) is 16.7. The highest BCUT2D eigenvalue weighted by Crippen LogP contribution is 2.20. The summed E-state index contributed by atoms with van der Waals surface area (Å²) in [6.45, 7) is 3.29. The number of fused-ring (bicyclic) bond motifs is 1. The lowest BCUT2D eigenvalue weighted by molar-refractivity contribution is -0.133. The molecule has 1 fully saturated rings. The SMILES string of the molecule is O=C(CN1CCC(NS(=O)(=O)c2ccccc2)CC1)N1CCc2ccccc2C1. The van der Waals surface area contributed by atoms with E-state index in [1.165, 1.54) is 11.1 Å². The molecule has 2 aromatic carbocycles. The van der Waals surface area contributed by atoms with E-state index in [0.717, 1.165) is 26.1 Å². The summed E-state index contributed by atoms with van der Waals surface area (Å²) in [4.78, 5) is 17.1. The Labute approximate surface area is 172 Å². The van der Waals surface area contributed by atoms with Crippen LogP contribution in [0.2, 0.25) is 0 Å². The third-order valence-corrected chi connectivity index (χ3v) is 7.34. The predicted octanol–water partition coefficient (Wildman–Crippen LogP) is 2.01. The Morgan fingerprint density at radius 2 is 1.59 bits per heavy atom. The van der Waals surface area contributed by atoms with Crippen LogP contribution in [-0.2, 0) is 27.8 Å². The Bertz CT molecular complexity index is 954. The minimum absolute atomic E-state index is 0.0894. The van der Waals surface area contributed by atoms with Crippen molar-refractivity contribution in [2.45, 2.75) is 36.7 Å². The highest BCUT2D eigenvalue weighted by Gasteiger charge is 2.27. The fourth-order valence-electron chi connectivity index (χ4n) is 4.10. The lowest BCUT2D eigenvalue weighted by Crippen LogP contribution is -2.48. The van der Waals surface area contributed by atoms with Crippen molar-refractivity contribution in [2.24, 2.45) is 0 Å². The van der Waals surface area contributed by atoms with Crippen LogP contribution in [0.15, 0.2) is 59.5 Å². The van der Waals surface area contributed by atoms with Gasteiger partial charge in [-0.2, -0.15) is 0 Å². The van der Waals surface area contributed by atoms with Crippen molar-refractivity contribution in [3.63, 3.8) is 0 Å². The molecule has 7 heteroatoms. The highest BCUT2D eigenvalue weighted by molar-refractivity contribution is 7.89. The number of carbonyl (C=O) groups excluding carboxylic acids is 1. The number of likely N-dealkylation sites (tertiary alicyclic amines) is 1. The molecule has 2 aromatic rings. The molecule has 0 aromatic heterocycles. The topological polar surface area (TPSA) is 69.7 Å². The van der Waals surface area contributed by atoms with Crippen LogP contribution in [0.25, 0.3) is 0 Å². The van der Waals surface area contributed by atoms with Gasteiger partial charge in [-0.05, 0) is 42.5 Å². The zero-order chi connectivity index (χ0) is 20.3. The van der Waals surface area contributed by atoms with Gasteiger partial charge in [0, 0.05) is 32.2 Å². The van der Waals surface area contributed by atoms with Gasteiger partial charge in [0.15, 0.2) is 0 Å². The van der Waals surface area contributed by atoms with E-state index in [4.69, 9.17) is 0 Å². The first-order valence-electron chi connectivity index (χ1n) is 10.2. The van der Waals surface area contributed by atoms with E-state index >= 15 is 0 Å². The fraction of sp³-hybridized carbons (Fsp3) is 0.409.